The van der Waals surface area contributed by atoms with Crippen molar-refractivity contribution in [1.29, 1.82) is 0 Å². The second-order valence-corrected chi connectivity index (χ2v) is 12.8. The van der Waals surface area contributed by atoms with Crippen molar-refractivity contribution in [1.82, 2.24) is 18.8 Å². The zero-order valence-electron chi connectivity index (χ0n) is 19.2. The lowest BCUT2D eigenvalue weighted by atomic mass is 9.94. The highest BCUT2D eigenvalue weighted by Gasteiger charge is 2.36. The highest BCUT2D eigenvalue weighted by Crippen LogP contribution is 2.35. The van der Waals surface area contributed by atoms with E-state index in [1.54, 1.807) is 11.8 Å². The van der Waals surface area contributed by atoms with Gasteiger partial charge < -0.3 is 4.90 Å². The van der Waals surface area contributed by atoms with Crippen molar-refractivity contribution in [3.63, 3.8) is 0 Å². The van der Waals surface area contributed by atoms with Crippen molar-refractivity contribution < 1.29 is 13.2 Å². The van der Waals surface area contributed by atoms with Gasteiger partial charge in [0.15, 0.2) is 0 Å². The predicted molar refractivity (Wildman–Crippen MR) is 125 cm³/mol. The molecule has 2 aliphatic rings. The number of rotatable bonds is 4. The smallest absolute Gasteiger partial charge is 0.263 e. The van der Waals surface area contributed by atoms with Crippen LogP contribution in [0.3, 0.4) is 0 Å². The minimum Gasteiger partial charge on any atom is -0.341 e. The molecule has 0 N–H and O–H groups in total. The number of thiophene rings is 1. The third-order valence-corrected chi connectivity index (χ3v) is 9.82. The average molecular weight is 481 g/mol. The van der Waals surface area contributed by atoms with Crippen molar-refractivity contribution in [2.75, 3.05) is 26.2 Å². The lowest BCUT2D eigenvalue weighted by Crippen LogP contribution is -2.43. The average Bonchev–Trinajstić information content (AvgIpc) is 3.07. The molecule has 4 heterocycles. The molecule has 2 saturated heterocycles. The van der Waals surface area contributed by atoms with Crippen LogP contribution in [0.2, 0.25) is 0 Å². The topological polar surface area (TPSA) is 92.6 Å². The van der Waals surface area contributed by atoms with Crippen molar-refractivity contribution in [2.45, 2.75) is 58.4 Å². The monoisotopic (exact) mass is 480 g/mol. The third-order valence-electron chi connectivity index (χ3n) is 6.67. The Morgan fingerprint density at radius 1 is 1.12 bits per heavy atom. The van der Waals surface area contributed by atoms with Gasteiger partial charge in [0.2, 0.25) is 15.9 Å². The van der Waals surface area contributed by atoms with Gasteiger partial charge >= 0.3 is 0 Å². The predicted octanol–water partition coefficient (Wildman–Crippen LogP) is 2.69. The number of carbonyl (C=O) groups excluding carboxylic acids is 1. The summed E-state index contributed by atoms with van der Waals surface area (Å²) < 4.78 is 30.0. The number of likely N-dealkylation sites (tertiary alicyclic amines) is 1. The van der Waals surface area contributed by atoms with Gasteiger partial charge in [-0.3, -0.25) is 14.2 Å². The van der Waals surface area contributed by atoms with Gasteiger partial charge in [0.05, 0.1) is 11.7 Å². The second kappa shape index (κ2) is 8.87. The molecule has 0 aliphatic carbocycles. The zero-order chi connectivity index (χ0) is 23.2. The first-order valence-corrected chi connectivity index (χ1v) is 13.6. The molecule has 0 aromatic carbocycles. The molecule has 0 spiro atoms. The summed E-state index contributed by atoms with van der Waals surface area (Å²) in [6.45, 7) is 10.2. The van der Waals surface area contributed by atoms with E-state index in [4.69, 9.17) is 0 Å². The van der Waals surface area contributed by atoms with E-state index in [0.717, 1.165) is 19.3 Å². The molecular weight excluding hydrogens is 448 g/mol. The van der Waals surface area contributed by atoms with Crippen LogP contribution in [-0.4, -0.2) is 59.3 Å². The summed E-state index contributed by atoms with van der Waals surface area (Å²) in [6, 6.07) is 0. The minimum absolute atomic E-state index is 0.0601. The number of sulfonamides is 1. The van der Waals surface area contributed by atoms with Crippen molar-refractivity contribution >= 4 is 37.5 Å². The first kappa shape index (κ1) is 23.4. The van der Waals surface area contributed by atoms with Crippen molar-refractivity contribution in [3.8, 4) is 0 Å². The first-order valence-electron chi connectivity index (χ1n) is 11.3. The molecule has 2 aromatic heterocycles. The number of hydrogen-bond acceptors (Lipinski definition) is 6. The number of carbonyl (C=O) groups is 1. The molecular formula is C22H32N4O4S2. The fourth-order valence-electron chi connectivity index (χ4n) is 4.97. The number of aromatic nitrogens is 2. The summed E-state index contributed by atoms with van der Waals surface area (Å²) in [5.41, 5.74) is -0.463. The molecule has 2 unspecified atom stereocenters. The van der Waals surface area contributed by atoms with E-state index >= 15 is 0 Å². The lowest BCUT2D eigenvalue weighted by molar-refractivity contribution is -0.133. The Hall–Kier alpha value is -1.78. The van der Waals surface area contributed by atoms with Crippen LogP contribution in [0.1, 0.15) is 44.9 Å². The summed E-state index contributed by atoms with van der Waals surface area (Å²) in [6.07, 6.45) is 4.26. The Kier molecular flexibility index (Phi) is 6.48. The Morgan fingerprint density at radius 2 is 1.75 bits per heavy atom. The lowest BCUT2D eigenvalue weighted by Gasteiger charge is -2.34. The normalized spacial score (nSPS) is 23.7. The third kappa shape index (κ3) is 4.36. The van der Waals surface area contributed by atoms with Crippen LogP contribution in [0, 0.1) is 24.7 Å². The number of piperidine rings is 2. The summed E-state index contributed by atoms with van der Waals surface area (Å²) in [5, 5.41) is 0.112. The first-order chi connectivity index (χ1) is 15.1. The zero-order valence-corrected chi connectivity index (χ0v) is 20.8. The number of hydrogen-bond donors (Lipinski definition) is 0. The van der Waals surface area contributed by atoms with Gasteiger partial charge in [0, 0.05) is 31.1 Å². The van der Waals surface area contributed by atoms with Gasteiger partial charge in [-0.15, -0.1) is 11.3 Å². The fourth-order valence-corrected chi connectivity index (χ4v) is 8.32. The van der Waals surface area contributed by atoms with E-state index < -0.39 is 15.6 Å². The Balaban J connectivity index is 1.70. The maximum absolute atomic E-state index is 13.6. The maximum atomic E-state index is 13.6. The highest BCUT2D eigenvalue weighted by atomic mass is 32.2. The van der Waals surface area contributed by atoms with E-state index in [9.17, 15) is 18.0 Å². The molecule has 10 heteroatoms. The van der Waals surface area contributed by atoms with Crippen LogP contribution in [0.15, 0.2) is 16.0 Å². The van der Waals surface area contributed by atoms with Gasteiger partial charge in [-0.05, 0) is 43.9 Å². The summed E-state index contributed by atoms with van der Waals surface area (Å²) in [4.78, 5) is 33.3. The SMILES string of the molecule is Cc1sc2ncn(CC(=O)N3CCC(C)CC3)c(=O)c2c1S(=O)(=O)N1CC(C)CC(C)C1. The van der Waals surface area contributed by atoms with Gasteiger partial charge in [0.1, 0.15) is 16.3 Å². The van der Waals surface area contributed by atoms with Gasteiger partial charge in [0.25, 0.3) is 5.56 Å². The largest absolute Gasteiger partial charge is 0.341 e. The molecule has 0 bridgehead atoms. The molecule has 1 amide bonds. The Labute approximate surface area is 193 Å². The quantitative estimate of drug-likeness (QED) is 0.671. The standard InChI is InChI=1S/C22H32N4O4S2/c1-14-5-7-24(8-6-14)18(27)12-25-13-23-21-19(22(25)28)20(17(4)31-21)32(29,30)26-10-15(2)9-16(3)11-26/h13-16H,5-12H2,1-4H3. The van der Waals surface area contributed by atoms with Crippen LogP contribution in [0.5, 0.6) is 0 Å². The van der Waals surface area contributed by atoms with Crippen LogP contribution in [0.4, 0.5) is 0 Å². The van der Waals surface area contributed by atoms with Gasteiger partial charge in [-0.1, -0.05) is 20.8 Å². The number of fused-ring (bicyclic) bond motifs is 1. The summed E-state index contributed by atoms with van der Waals surface area (Å²) >= 11 is 1.22. The van der Waals surface area contributed by atoms with E-state index in [2.05, 4.69) is 25.8 Å². The fraction of sp³-hybridized carbons (Fsp3) is 0.682. The van der Waals surface area contributed by atoms with Crippen molar-refractivity contribution in [2.24, 2.45) is 17.8 Å². The van der Waals surface area contributed by atoms with Gasteiger partial charge in [-0.2, -0.15) is 4.31 Å². The second-order valence-electron chi connectivity index (χ2n) is 9.68. The van der Waals surface area contributed by atoms with Crippen LogP contribution in [-0.2, 0) is 21.4 Å². The molecule has 2 aromatic rings. The molecule has 0 radical (unpaired) electrons. The maximum Gasteiger partial charge on any atom is 0.263 e. The molecule has 2 aliphatic heterocycles. The highest BCUT2D eigenvalue weighted by molar-refractivity contribution is 7.89. The van der Waals surface area contributed by atoms with Crippen LogP contribution in [0.25, 0.3) is 10.2 Å². The van der Waals surface area contributed by atoms with E-state index in [-0.39, 0.29) is 34.6 Å². The van der Waals surface area contributed by atoms with Crippen molar-refractivity contribution in [3.05, 3.63) is 21.6 Å². The number of nitrogens with zero attached hydrogens (tertiary/aromatic N) is 4. The number of aryl methyl sites for hydroxylation is 1. The Morgan fingerprint density at radius 3 is 2.38 bits per heavy atom. The summed E-state index contributed by atoms with van der Waals surface area (Å²) in [7, 11) is -3.84. The minimum atomic E-state index is -3.84. The molecule has 2 fully saturated rings. The number of amides is 1. The van der Waals surface area contributed by atoms with E-state index in [1.807, 2.05) is 0 Å². The molecule has 8 nitrogen and oxygen atoms in total. The van der Waals surface area contributed by atoms with Crippen LogP contribution < -0.4 is 5.56 Å². The van der Waals surface area contributed by atoms with Gasteiger partial charge in [-0.25, -0.2) is 13.4 Å². The van der Waals surface area contributed by atoms with Crippen LogP contribution >= 0.6 is 11.3 Å². The van der Waals surface area contributed by atoms with E-state index in [1.165, 1.54) is 26.5 Å². The molecule has 4 rings (SSSR count). The molecule has 32 heavy (non-hydrogen) atoms. The Bertz CT molecular complexity index is 1170. The molecule has 0 saturated carbocycles. The van der Waals surface area contributed by atoms with E-state index in [0.29, 0.717) is 41.8 Å². The molecule has 2 atom stereocenters. The molecule has 176 valence electrons. The summed E-state index contributed by atoms with van der Waals surface area (Å²) in [5.74, 6) is 0.994.